The van der Waals surface area contributed by atoms with Gasteiger partial charge in [0.05, 0.1) is 22.7 Å². The second-order valence-electron chi connectivity index (χ2n) is 6.82. The Hall–Kier alpha value is -3.42. The van der Waals surface area contributed by atoms with Gasteiger partial charge in [-0.2, -0.15) is 13.2 Å². The molecule has 3 aromatic rings. The Kier molecular flexibility index (Phi) is 4.70. The maximum Gasteiger partial charge on any atom is 0.416 e. The third kappa shape index (κ3) is 3.78. The van der Waals surface area contributed by atoms with E-state index in [-0.39, 0.29) is 30.5 Å². The van der Waals surface area contributed by atoms with Gasteiger partial charge in [0, 0.05) is 30.2 Å². The van der Waals surface area contributed by atoms with Crippen molar-refractivity contribution in [1.82, 2.24) is 4.98 Å². The van der Waals surface area contributed by atoms with Gasteiger partial charge in [-0.05, 0) is 30.3 Å². The fourth-order valence-electron chi connectivity index (χ4n) is 3.42. The van der Waals surface area contributed by atoms with Crippen molar-refractivity contribution in [2.75, 3.05) is 16.8 Å². The van der Waals surface area contributed by atoms with Crippen LogP contribution in [0.1, 0.15) is 12.0 Å². The number of fused-ring (bicyclic) bond motifs is 1. The molecule has 1 fully saturated rings. The maximum atomic E-state index is 13.0. The molecule has 2 amide bonds. The van der Waals surface area contributed by atoms with E-state index < -0.39 is 17.7 Å². The number of anilines is 2. The number of amides is 2. The van der Waals surface area contributed by atoms with Crippen molar-refractivity contribution in [2.24, 2.45) is 5.92 Å². The molecule has 1 aliphatic heterocycles. The zero-order valence-corrected chi connectivity index (χ0v) is 15.1. The summed E-state index contributed by atoms with van der Waals surface area (Å²) in [6.07, 6.45) is -2.95. The second kappa shape index (κ2) is 7.20. The van der Waals surface area contributed by atoms with Crippen molar-refractivity contribution in [3.05, 3.63) is 66.4 Å². The van der Waals surface area contributed by atoms with E-state index in [9.17, 15) is 22.8 Å². The van der Waals surface area contributed by atoms with Crippen LogP contribution in [-0.2, 0) is 15.8 Å². The minimum atomic E-state index is -4.50. The van der Waals surface area contributed by atoms with Gasteiger partial charge in [0.15, 0.2) is 0 Å². The molecule has 1 N–H and O–H groups in total. The normalized spacial score (nSPS) is 17.0. The first-order chi connectivity index (χ1) is 13.8. The highest BCUT2D eigenvalue weighted by Gasteiger charge is 2.37. The summed E-state index contributed by atoms with van der Waals surface area (Å²) < 4.78 is 38.9. The molecule has 8 heteroatoms. The van der Waals surface area contributed by atoms with Crippen LogP contribution in [0.5, 0.6) is 0 Å². The fraction of sp³-hybridized carbons (Fsp3) is 0.190. The average Bonchev–Trinajstić information content (AvgIpc) is 3.10. The van der Waals surface area contributed by atoms with Gasteiger partial charge in [0.25, 0.3) is 0 Å². The van der Waals surface area contributed by atoms with Gasteiger partial charge in [0.2, 0.25) is 11.8 Å². The first-order valence-electron chi connectivity index (χ1n) is 8.95. The summed E-state index contributed by atoms with van der Waals surface area (Å²) in [5.74, 6) is -1.43. The Morgan fingerprint density at radius 1 is 1.10 bits per heavy atom. The van der Waals surface area contributed by atoms with Crippen molar-refractivity contribution < 1.29 is 22.8 Å². The molecular formula is C21H16F3N3O2. The summed E-state index contributed by atoms with van der Waals surface area (Å²) >= 11 is 0. The number of para-hydroxylation sites is 1. The summed E-state index contributed by atoms with van der Waals surface area (Å²) in [7, 11) is 0. The lowest BCUT2D eigenvalue weighted by molar-refractivity contribution is -0.137. The van der Waals surface area contributed by atoms with Gasteiger partial charge in [-0.25, -0.2) is 0 Å². The summed E-state index contributed by atoms with van der Waals surface area (Å²) in [5.41, 5.74) is 0.449. The van der Waals surface area contributed by atoms with Crippen LogP contribution >= 0.6 is 0 Å². The first-order valence-corrected chi connectivity index (χ1v) is 8.95. The molecule has 0 aliphatic carbocycles. The largest absolute Gasteiger partial charge is 0.416 e. The molecule has 5 nitrogen and oxygen atoms in total. The van der Waals surface area contributed by atoms with Gasteiger partial charge < -0.3 is 10.2 Å². The average molecular weight is 399 g/mol. The molecular weight excluding hydrogens is 383 g/mol. The van der Waals surface area contributed by atoms with Crippen LogP contribution in [0, 0.1) is 5.92 Å². The standard InChI is InChI=1S/C21H16F3N3O2/c22-21(23,24)15-6-2-7-16(11-15)27-12-14(10-18(27)28)20(29)26-17-8-1-4-13-5-3-9-25-19(13)17/h1-9,11,14H,10,12H2,(H,26,29)/t14-/m0/s1. The molecule has 0 spiro atoms. The summed E-state index contributed by atoms with van der Waals surface area (Å²) in [4.78, 5) is 30.6. The van der Waals surface area contributed by atoms with Crippen LogP contribution in [-0.4, -0.2) is 23.3 Å². The predicted octanol–water partition coefficient (Wildman–Crippen LogP) is 4.25. The van der Waals surface area contributed by atoms with E-state index in [4.69, 9.17) is 0 Å². The van der Waals surface area contributed by atoms with Gasteiger partial charge in [-0.1, -0.05) is 24.3 Å². The highest BCUT2D eigenvalue weighted by Crippen LogP contribution is 2.33. The number of carbonyl (C=O) groups is 2. The summed E-state index contributed by atoms with van der Waals surface area (Å²) in [5, 5.41) is 3.65. The Balaban J connectivity index is 1.53. The van der Waals surface area contributed by atoms with Gasteiger partial charge >= 0.3 is 6.18 Å². The molecule has 29 heavy (non-hydrogen) atoms. The third-order valence-electron chi connectivity index (χ3n) is 4.87. The lowest BCUT2D eigenvalue weighted by atomic mass is 10.1. The number of aromatic nitrogens is 1. The quantitative estimate of drug-likeness (QED) is 0.717. The maximum absolute atomic E-state index is 13.0. The summed E-state index contributed by atoms with van der Waals surface area (Å²) in [6.45, 7) is 0.0180. The van der Waals surface area contributed by atoms with Crippen molar-refractivity contribution in [2.45, 2.75) is 12.6 Å². The minimum Gasteiger partial charge on any atom is -0.324 e. The van der Waals surface area contributed by atoms with Gasteiger partial charge in [0.1, 0.15) is 0 Å². The molecule has 1 saturated heterocycles. The van der Waals surface area contributed by atoms with E-state index in [1.807, 2.05) is 12.1 Å². The van der Waals surface area contributed by atoms with E-state index >= 15 is 0 Å². The lowest BCUT2D eigenvalue weighted by Crippen LogP contribution is -2.28. The number of nitrogens with zero attached hydrogens (tertiary/aromatic N) is 2. The minimum absolute atomic E-state index is 0.0180. The Morgan fingerprint density at radius 2 is 1.86 bits per heavy atom. The molecule has 2 aromatic carbocycles. The third-order valence-corrected chi connectivity index (χ3v) is 4.87. The van der Waals surface area contributed by atoms with Crippen LogP contribution in [0.3, 0.4) is 0 Å². The highest BCUT2D eigenvalue weighted by atomic mass is 19.4. The lowest BCUT2D eigenvalue weighted by Gasteiger charge is -2.18. The molecule has 1 aliphatic rings. The van der Waals surface area contributed by atoms with Gasteiger partial charge in [-0.3, -0.25) is 14.6 Å². The van der Waals surface area contributed by atoms with Crippen LogP contribution in [0.4, 0.5) is 24.5 Å². The van der Waals surface area contributed by atoms with E-state index in [1.165, 1.54) is 17.0 Å². The molecule has 4 rings (SSSR count). The van der Waals surface area contributed by atoms with E-state index in [0.29, 0.717) is 11.2 Å². The van der Waals surface area contributed by atoms with Crippen LogP contribution < -0.4 is 10.2 Å². The second-order valence-corrected chi connectivity index (χ2v) is 6.82. The monoisotopic (exact) mass is 399 g/mol. The molecule has 148 valence electrons. The molecule has 1 aromatic heterocycles. The number of nitrogens with one attached hydrogen (secondary N) is 1. The number of hydrogen-bond acceptors (Lipinski definition) is 3. The van der Waals surface area contributed by atoms with E-state index in [0.717, 1.165) is 17.5 Å². The number of halogens is 3. The predicted molar refractivity (Wildman–Crippen MR) is 102 cm³/mol. The molecule has 1 atom stereocenters. The zero-order chi connectivity index (χ0) is 20.6. The Morgan fingerprint density at radius 3 is 2.66 bits per heavy atom. The number of hydrogen-bond donors (Lipinski definition) is 1. The summed E-state index contributed by atoms with van der Waals surface area (Å²) in [6, 6.07) is 13.6. The first kappa shape index (κ1) is 18.9. The van der Waals surface area contributed by atoms with E-state index in [1.54, 1.807) is 24.4 Å². The SMILES string of the molecule is O=C(Nc1cccc2cccnc12)[C@H]1CC(=O)N(c2cccc(C(F)(F)F)c2)C1. The van der Waals surface area contributed by atoms with Crippen molar-refractivity contribution in [1.29, 1.82) is 0 Å². The number of benzene rings is 2. The Bertz CT molecular complexity index is 1090. The molecule has 2 heterocycles. The molecule has 0 saturated carbocycles. The van der Waals surface area contributed by atoms with Crippen molar-refractivity contribution in [3.63, 3.8) is 0 Å². The van der Waals surface area contributed by atoms with Crippen LogP contribution in [0.25, 0.3) is 10.9 Å². The van der Waals surface area contributed by atoms with Crippen molar-refractivity contribution >= 4 is 34.1 Å². The highest BCUT2D eigenvalue weighted by molar-refractivity contribution is 6.06. The smallest absolute Gasteiger partial charge is 0.324 e. The number of rotatable bonds is 3. The Labute approximate surface area is 164 Å². The number of pyridine rings is 1. The molecule has 0 radical (unpaired) electrons. The number of alkyl halides is 3. The van der Waals surface area contributed by atoms with Crippen molar-refractivity contribution in [3.8, 4) is 0 Å². The zero-order valence-electron chi connectivity index (χ0n) is 15.1. The van der Waals surface area contributed by atoms with Gasteiger partial charge in [-0.15, -0.1) is 0 Å². The topological polar surface area (TPSA) is 62.3 Å². The molecule has 0 bridgehead atoms. The van der Waals surface area contributed by atoms with Crippen LogP contribution in [0.2, 0.25) is 0 Å². The molecule has 0 unspecified atom stereocenters. The van der Waals surface area contributed by atoms with E-state index in [2.05, 4.69) is 10.3 Å². The fourth-order valence-corrected chi connectivity index (χ4v) is 3.42. The number of carbonyl (C=O) groups excluding carboxylic acids is 2. The van der Waals surface area contributed by atoms with Crippen LogP contribution in [0.15, 0.2) is 60.8 Å².